The number of nitrogens with one attached hydrogen (secondary N) is 2. The number of hydrogen-bond acceptors (Lipinski definition) is 5. The van der Waals surface area contributed by atoms with Gasteiger partial charge in [0.05, 0.1) is 13.2 Å². The molecule has 1 heterocycles. The number of hydrogen-bond donors (Lipinski definition) is 3. The van der Waals surface area contributed by atoms with E-state index in [4.69, 9.17) is 15.3 Å². The van der Waals surface area contributed by atoms with E-state index in [2.05, 4.69) is 27.6 Å². The number of guanidine groups is 1. The van der Waals surface area contributed by atoms with Crippen molar-refractivity contribution < 1.29 is 9.47 Å². The fraction of sp³-hybridized carbons (Fsp3) is 0.917. The van der Waals surface area contributed by atoms with E-state index in [9.17, 15) is 0 Å². The molecular weight excluding hydrogens is 246 g/mol. The molecule has 0 amide bonds. The number of nitrogens with two attached hydrogens (primary N) is 1. The number of morpholine rings is 1. The Morgan fingerprint density at radius 2 is 2.21 bits per heavy atom. The summed E-state index contributed by atoms with van der Waals surface area (Å²) >= 11 is 0. The van der Waals surface area contributed by atoms with Crippen molar-refractivity contribution in [3.8, 4) is 0 Å². The number of hydrazine groups is 1. The van der Waals surface area contributed by atoms with Crippen molar-refractivity contribution in [2.45, 2.75) is 19.4 Å². The van der Waals surface area contributed by atoms with E-state index in [0.29, 0.717) is 19.1 Å². The molecule has 0 spiro atoms. The van der Waals surface area contributed by atoms with E-state index in [1.54, 1.807) is 7.11 Å². The summed E-state index contributed by atoms with van der Waals surface area (Å²) < 4.78 is 10.3. The normalized spacial score (nSPS) is 19.2. The summed E-state index contributed by atoms with van der Waals surface area (Å²) in [6, 6.07) is 0.287. The summed E-state index contributed by atoms with van der Waals surface area (Å²) in [6.45, 7) is 8.11. The molecule has 4 N–H and O–H groups in total. The second kappa shape index (κ2) is 9.96. The van der Waals surface area contributed by atoms with Crippen molar-refractivity contribution >= 4 is 5.96 Å². The van der Waals surface area contributed by atoms with Gasteiger partial charge in [-0.05, 0) is 13.3 Å². The van der Waals surface area contributed by atoms with Crippen molar-refractivity contribution in [2.75, 3.05) is 53.1 Å². The minimum atomic E-state index is 0.287. The molecule has 1 atom stereocenters. The fourth-order valence-electron chi connectivity index (χ4n) is 1.98. The lowest BCUT2D eigenvalue weighted by Crippen LogP contribution is -2.50. The lowest BCUT2D eigenvalue weighted by Gasteiger charge is -2.29. The molecule has 0 bridgehead atoms. The van der Waals surface area contributed by atoms with Gasteiger partial charge in [-0.15, -0.1) is 0 Å². The molecule has 1 aliphatic rings. The number of rotatable bonds is 7. The Kier molecular flexibility index (Phi) is 8.48. The van der Waals surface area contributed by atoms with Gasteiger partial charge in [0.1, 0.15) is 0 Å². The fourth-order valence-corrected chi connectivity index (χ4v) is 1.98. The van der Waals surface area contributed by atoms with Crippen molar-refractivity contribution in [3.05, 3.63) is 0 Å². The van der Waals surface area contributed by atoms with Gasteiger partial charge in [0.2, 0.25) is 5.96 Å². The van der Waals surface area contributed by atoms with Crippen LogP contribution in [0, 0.1) is 0 Å². The average Bonchev–Trinajstić information content (AvgIpc) is 2.43. The summed E-state index contributed by atoms with van der Waals surface area (Å²) in [4.78, 5) is 6.73. The number of methoxy groups -OCH3 is 1. The molecule has 112 valence electrons. The highest BCUT2D eigenvalue weighted by Gasteiger charge is 2.14. The van der Waals surface area contributed by atoms with Crippen LogP contribution in [0.5, 0.6) is 0 Å². The Morgan fingerprint density at radius 3 is 2.84 bits per heavy atom. The second-order valence-corrected chi connectivity index (χ2v) is 4.68. The molecule has 1 rings (SSSR count). The molecule has 1 saturated heterocycles. The smallest absolute Gasteiger partial charge is 0.205 e. The van der Waals surface area contributed by atoms with Gasteiger partial charge < -0.3 is 14.8 Å². The van der Waals surface area contributed by atoms with Gasteiger partial charge in [-0.3, -0.25) is 15.3 Å². The van der Waals surface area contributed by atoms with Gasteiger partial charge in [-0.25, -0.2) is 5.84 Å². The molecule has 0 aromatic heterocycles. The lowest BCUT2D eigenvalue weighted by molar-refractivity contribution is 0.0352. The molecule has 1 unspecified atom stereocenters. The zero-order valence-electron chi connectivity index (χ0n) is 12.0. The topological polar surface area (TPSA) is 84.1 Å². The van der Waals surface area contributed by atoms with E-state index in [1.807, 2.05) is 0 Å². The molecule has 1 fully saturated rings. The predicted octanol–water partition coefficient (Wildman–Crippen LogP) is -0.847. The van der Waals surface area contributed by atoms with Crippen LogP contribution < -0.4 is 16.6 Å². The zero-order chi connectivity index (χ0) is 13.9. The molecular formula is C12H27N5O2. The summed E-state index contributed by atoms with van der Waals surface area (Å²) in [6.07, 6.45) is 0.890. The minimum Gasteiger partial charge on any atom is -0.385 e. The van der Waals surface area contributed by atoms with Crippen LogP contribution in [0.15, 0.2) is 4.99 Å². The number of aliphatic imine (C=N–C) groups is 1. The zero-order valence-corrected chi connectivity index (χ0v) is 12.0. The van der Waals surface area contributed by atoms with E-state index in [1.165, 1.54) is 0 Å². The highest BCUT2D eigenvalue weighted by Crippen LogP contribution is 1.98. The molecule has 0 saturated carbocycles. The van der Waals surface area contributed by atoms with Crippen molar-refractivity contribution in [1.29, 1.82) is 0 Å². The Balaban J connectivity index is 2.24. The summed E-state index contributed by atoms with van der Waals surface area (Å²) in [5, 5.41) is 3.28. The summed E-state index contributed by atoms with van der Waals surface area (Å²) in [7, 11) is 1.69. The number of nitrogens with zero attached hydrogens (tertiary/aromatic N) is 2. The summed E-state index contributed by atoms with van der Waals surface area (Å²) in [5.41, 5.74) is 2.60. The third kappa shape index (κ3) is 7.31. The Labute approximate surface area is 115 Å². The van der Waals surface area contributed by atoms with Gasteiger partial charge >= 0.3 is 0 Å². The van der Waals surface area contributed by atoms with Crippen LogP contribution in [-0.2, 0) is 9.47 Å². The first-order chi connectivity index (χ1) is 9.26. The van der Waals surface area contributed by atoms with Crippen LogP contribution >= 0.6 is 0 Å². The van der Waals surface area contributed by atoms with E-state index in [-0.39, 0.29) is 6.04 Å². The maximum absolute atomic E-state index is 5.46. The van der Waals surface area contributed by atoms with Crippen molar-refractivity contribution in [3.63, 3.8) is 0 Å². The monoisotopic (exact) mass is 273 g/mol. The van der Waals surface area contributed by atoms with Crippen LogP contribution in [-0.4, -0.2) is 70.0 Å². The molecule has 19 heavy (non-hydrogen) atoms. The highest BCUT2D eigenvalue weighted by molar-refractivity contribution is 5.79. The standard InChI is InChI=1S/C12H27N5O2/c1-11(10-17-5-8-19-9-6-17)15-12(16-13)14-4-3-7-18-2/h11H,3-10,13H2,1-2H3,(H2,14,15,16). The average molecular weight is 273 g/mol. The largest absolute Gasteiger partial charge is 0.385 e. The Hall–Kier alpha value is -0.890. The lowest BCUT2D eigenvalue weighted by atomic mass is 10.3. The first-order valence-electron chi connectivity index (χ1n) is 6.83. The van der Waals surface area contributed by atoms with E-state index >= 15 is 0 Å². The Morgan fingerprint density at radius 1 is 1.47 bits per heavy atom. The van der Waals surface area contributed by atoms with E-state index < -0.39 is 0 Å². The Bertz CT molecular complexity index is 257. The molecule has 7 nitrogen and oxygen atoms in total. The minimum absolute atomic E-state index is 0.287. The van der Waals surface area contributed by atoms with Gasteiger partial charge in [-0.2, -0.15) is 0 Å². The second-order valence-electron chi connectivity index (χ2n) is 4.68. The predicted molar refractivity (Wildman–Crippen MR) is 76.0 cm³/mol. The quantitative estimate of drug-likeness (QED) is 0.184. The highest BCUT2D eigenvalue weighted by atomic mass is 16.5. The summed E-state index contributed by atoms with van der Waals surface area (Å²) in [5.74, 6) is 6.10. The molecule has 0 aromatic rings. The van der Waals surface area contributed by atoms with Crippen LogP contribution in [0.2, 0.25) is 0 Å². The molecule has 7 heteroatoms. The molecule has 1 aliphatic heterocycles. The SMILES string of the molecule is COCCCN=C(NN)NC(C)CN1CCOCC1. The first kappa shape index (κ1) is 16.2. The maximum atomic E-state index is 5.46. The first-order valence-corrected chi connectivity index (χ1v) is 6.83. The van der Waals surface area contributed by atoms with Gasteiger partial charge in [0.15, 0.2) is 0 Å². The molecule has 0 aromatic carbocycles. The third-order valence-electron chi connectivity index (χ3n) is 2.93. The maximum Gasteiger partial charge on any atom is 0.205 e. The van der Waals surface area contributed by atoms with Crippen molar-refractivity contribution in [2.24, 2.45) is 10.8 Å². The van der Waals surface area contributed by atoms with Crippen LogP contribution in [0.1, 0.15) is 13.3 Å². The van der Waals surface area contributed by atoms with Crippen LogP contribution in [0.3, 0.4) is 0 Å². The molecule has 0 radical (unpaired) electrons. The van der Waals surface area contributed by atoms with Gasteiger partial charge in [-0.1, -0.05) is 0 Å². The number of ether oxygens (including phenoxy) is 2. The third-order valence-corrected chi connectivity index (χ3v) is 2.93. The van der Waals surface area contributed by atoms with Crippen LogP contribution in [0.4, 0.5) is 0 Å². The van der Waals surface area contributed by atoms with Crippen LogP contribution in [0.25, 0.3) is 0 Å². The van der Waals surface area contributed by atoms with Gasteiger partial charge in [0.25, 0.3) is 0 Å². The van der Waals surface area contributed by atoms with E-state index in [0.717, 1.165) is 39.3 Å². The molecule has 0 aliphatic carbocycles. The van der Waals surface area contributed by atoms with Gasteiger partial charge in [0, 0.05) is 45.9 Å². The van der Waals surface area contributed by atoms with Crippen molar-refractivity contribution in [1.82, 2.24) is 15.6 Å².